The third-order valence-electron chi connectivity index (χ3n) is 7.35. The van der Waals surface area contributed by atoms with Crippen molar-refractivity contribution in [2.75, 3.05) is 50.8 Å². The highest BCUT2D eigenvalue weighted by Crippen LogP contribution is 2.30. The number of hydrogen-bond acceptors (Lipinski definition) is 6. The van der Waals surface area contributed by atoms with Gasteiger partial charge in [0, 0.05) is 62.1 Å². The first-order valence-corrected chi connectivity index (χ1v) is 13.7. The molecule has 0 amide bonds. The van der Waals surface area contributed by atoms with Crippen molar-refractivity contribution in [3.05, 3.63) is 52.3 Å². The van der Waals surface area contributed by atoms with Crippen LogP contribution >= 0.6 is 0 Å². The molecule has 1 aromatic heterocycles. The molecular weight excluding hydrogens is 438 g/mol. The van der Waals surface area contributed by atoms with Crippen LogP contribution in [-0.2, 0) is 22.8 Å². The number of aryl methyl sites for hydroxylation is 1. The maximum atomic E-state index is 13.1. The van der Waals surface area contributed by atoms with Crippen molar-refractivity contribution in [2.24, 2.45) is 0 Å². The molecule has 1 atom stereocenters. The highest BCUT2D eigenvalue weighted by Gasteiger charge is 2.32. The molecule has 2 fully saturated rings. The number of carbonyl (C=O) groups excluding carboxylic acids is 1. The summed E-state index contributed by atoms with van der Waals surface area (Å²) >= 11 is 0. The molecule has 0 bridgehead atoms. The second kappa shape index (κ2) is 8.89. The van der Waals surface area contributed by atoms with Gasteiger partial charge in [-0.15, -0.1) is 0 Å². The van der Waals surface area contributed by atoms with Gasteiger partial charge in [-0.3, -0.25) is 14.6 Å². The molecule has 3 aliphatic heterocycles. The Kier molecular flexibility index (Phi) is 6.09. The van der Waals surface area contributed by atoms with E-state index in [0.717, 1.165) is 68.5 Å². The summed E-state index contributed by atoms with van der Waals surface area (Å²) in [6.07, 6.45) is 1.63. The molecule has 3 aliphatic rings. The van der Waals surface area contributed by atoms with Crippen LogP contribution in [-0.4, -0.2) is 79.4 Å². The van der Waals surface area contributed by atoms with Gasteiger partial charge in [0.05, 0.1) is 24.7 Å². The molecule has 8 heteroatoms. The molecule has 2 saturated heterocycles. The predicted molar refractivity (Wildman–Crippen MR) is 128 cm³/mol. The number of sulfone groups is 1. The van der Waals surface area contributed by atoms with Gasteiger partial charge in [0.1, 0.15) is 5.75 Å². The molecule has 178 valence electrons. The zero-order valence-electron chi connectivity index (χ0n) is 19.5. The molecule has 7 nitrogen and oxygen atoms in total. The number of benzene rings is 1. The number of hydrogen-bond donors (Lipinski definition) is 0. The van der Waals surface area contributed by atoms with Crippen LogP contribution in [0, 0.1) is 13.8 Å². The Hall–Kier alpha value is -2.16. The fraction of sp³-hybridized carbons (Fsp3) is 0.560. The monoisotopic (exact) mass is 471 g/mol. The molecule has 33 heavy (non-hydrogen) atoms. The second-order valence-electron chi connectivity index (χ2n) is 9.73. The largest absolute Gasteiger partial charge is 0.493 e. The molecule has 0 unspecified atom stereocenters. The Morgan fingerprint density at radius 1 is 1.09 bits per heavy atom. The third-order valence-corrected chi connectivity index (χ3v) is 9.10. The van der Waals surface area contributed by atoms with Crippen LogP contribution in [0.3, 0.4) is 0 Å². The Labute approximate surface area is 196 Å². The fourth-order valence-corrected chi connectivity index (χ4v) is 7.29. The van der Waals surface area contributed by atoms with Crippen LogP contribution in [0.15, 0.2) is 24.3 Å². The van der Waals surface area contributed by atoms with Crippen molar-refractivity contribution in [3.8, 4) is 5.75 Å². The SMILES string of the molecule is Cc1cc(C(=O)CN2CCN(Cc3ccc4c(c3)CCO4)CC2)c(C)n1[C@H]1CCS(=O)(=O)C1. The van der Waals surface area contributed by atoms with E-state index >= 15 is 0 Å². The van der Waals surface area contributed by atoms with E-state index in [1.165, 1.54) is 11.1 Å². The summed E-state index contributed by atoms with van der Waals surface area (Å²) in [4.78, 5) is 17.8. The summed E-state index contributed by atoms with van der Waals surface area (Å²) in [5.41, 5.74) is 5.25. The van der Waals surface area contributed by atoms with Gasteiger partial charge in [0.2, 0.25) is 0 Å². The van der Waals surface area contributed by atoms with E-state index < -0.39 is 9.84 Å². The Morgan fingerprint density at radius 3 is 2.58 bits per heavy atom. The molecule has 2 aromatic rings. The van der Waals surface area contributed by atoms with E-state index in [1.54, 1.807) is 0 Å². The van der Waals surface area contributed by atoms with E-state index in [9.17, 15) is 13.2 Å². The lowest BCUT2D eigenvalue weighted by atomic mass is 10.1. The number of aromatic nitrogens is 1. The summed E-state index contributed by atoms with van der Waals surface area (Å²) in [6.45, 7) is 9.69. The lowest BCUT2D eigenvalue weighted by Gasteiger charge is -2.34. The zero-order chi connectivity index (χ0) is 23.2. The van der Waals surface area contributed by atoms with Crippen LogP contribution < -0.4 is 4.74 Å². The Morgan fingerprint density at radius 2 is 1.85 bits per heavy atom. The number of piperazine rings is 1. The van der Waals surface area contributed by atoms with E-state index in [2.05, 4.69) is 32.6 Å². The molecular formula is C25H33N3O4S. The van der Waals surface area contributed by atoms with Gasteiger partial charge in [-0.05, 0) is 43.5 Å². The molecule has 4 heterocycles. The van der Waals surface area contributed by atoms with E-state index in [1.807, 2.05) is 19.9 Å². The number of Topliss-reactive ketones (excluding diaryl/α,β-unsaturated/α-hetero) is 1. The highest BCUT2D eigenvalue weighted by atomic mass is 32.2. The van der Waals surface area contributed by atoms with Crippen LogP contribution in [0.5, 0.6) is 5.75 Å². The average Bonchev–Trinajstić information content (AvgIpc) is 3.46. The average molecular weight is 472 g/mol. The van der Waals surface area contributed by atoms with E-state index in [0.29, 0.717) is 13.0 Å². The fourth-order valence-electron chi connectivity index (χ4n) is 5.59. The summed E-state index contributed by atoms with van der Waals surface area (Å²) in [5.74, 6) is 1.57. The quantitative estimate of drug-likeness (QED) is 0.603. The van der Waals surface area contributed by atoms with Gasteiger partial charge >= 0.3 is 0 Å². The van der Waals surface area contributed by atoms with Gasteiger partial charge in [-0.25, -0.2) is 8.42 Å². The van der Waals surface area contributed by atoms with Gasteiger partial charge in [-0.2, -0.15) is 0 Å². The normalized spacial score (nSPS) is 22.9. The minimum Gasteiger partial charge on any atom is -0.493 e. The number of ether oxygens (including phenoxy) is 1. The Balaban J connectivity index is 1.17. The topological polar surface area (TPSA) is 71.8 Å². The van der Waals surface area contributed by atoms with Crippen molar-refractivity contribution >= 4 is 15.6 Å². The summed E-state index contributed by atoms with van der Waals surface area (Å²) in [7, 11) is -2.97. The molecule has 0 N–H and O–H groups in total. The molecule has 1 aromatic carbocycles. The second-order valence-corrected chi connectivity index (χ2v) is 12.0. The first-order valence-electron chi connectivity index (χ1n) is 11.9. The van der Waals surface area contributed by atoms with Crippen LogP contribution in [0.4, 0.5) is 0 Å². The van der Waals surface area contributed by atoms with Crippen molar-refractivity contribution in [1.29, 1.82) is 0 Å². The van der Waals surface area contributed by atoms with Crippen LogP contribution in [0.25, 0.3) is 0 Å². The summed E-state index contributed by atoms with van der Waals surface area (Å²) < 4.78 is 31.5. The van der Waals surface area contributed by atoms with Gasteiger partial charge in [0.25, 0.3) is 0 Å². The zero-order valence-corrected chi connectivity index (χ0v) is 20.4. The van der Waals surface area contributed by atoms with Gasteiger partial charge < -0.3 is 9.30 Å². The Bertz CT molecular complexity index is 1160. The van der Waals surface area contributed by atoms with Gasteiger partial charge in [-0.1, -0.05) is 12.1 Å². The molecule has 5 rings (SSSR count). The standard InChI is InChI=1S/C25H33N3O4S/c1-18-13-23(19(2)28(18)22-6-12-33(30,31)17-22)24(29)16-27-9-7-26(8-10-27)15-20-3-4-25-21(14-20)5-11-32-25/h3-4,13-14,22H,5-12,15-17H2,1-2H3/t22-/m0/s1. The maximum Gasteiger partial charge on any atom is 0.178 e. The third kappa shape index (κ3) is 4.74. The van der Waals surface area contributed by atoms with Crippen molar-refractivity contribution < 1.29 is 17.9 Å². The molecule has 0 spiro atoms. The first kappa shape index (κ1) is 22.6. The summed E-state index contributed by atoms with van der Waals surface area (Å²) in [5, 5.41) is 0. The van der Waals surface area contributed by atoms with E-state index in [-0.39, 0.29) is 23.3 Å². The highest BCUT2D eigenvalue weighted by molar-refractivity contribution is 7.91. The maximum absolute atomic E-state index is 13.1. The van der Waals surface area contributed by atoms with Crippen molar-refractivity contribution in [2.45, 2.75) is 39.3 Å². The van der Waals surface area contributed by atoms with Crippen LogP contribution in [0.2, 0.25) is 0 Å². The van der Waals surface area contributed by atoms with Gasteiger partial charge in [0.15, 0.2) is 15.6 Å². The molecule has 0 aliphatic carbocycles. The number of rotatable bonds is 6. The van der Waals surface area contributed by atoms with Crippen LogP contribution in [0.1, 0.15) is 45.3 Å². The van der Waals surface area contributed by atoms with Crippen molar-refractivity contribution in [3.63, 3.8) is 0 Å². The smallest absolute Gasteiger partial charge is 0.178 e. The number of fused-ring (bicyclic) bond motifs is 1. The lowest BCUT2D eigenvalue weighted by molar-refractivity contribution is 0.0843. The lowest BCUT2D eigenvalue weighted by Crippen LogP contribution is -2.47. The molecule has 0 saturated carbocycles. The summed E-state index contributed by atoms with van der Waals surface area (Å²) in [6, 6.07) is 8.40. The predicted octanol–water partition coefficient (Wildman–Crippen LogP) is 2.40. The first-order chi connectivity index (χ1) is 15.8. The minimum absolute atomic E-state index is 0.0501. The number of nitrogens with zero attached hydrogens (tertiary/aromatic N) is 3. The van der Waals surface area contributed by atoms with Crippen molar-refractivity contribution in [1.82, 2.24) is 14.4 Å². The number of ketones is 1. The number of carbonyl (C=O) groups is 1. The molecule has 0 radical (unpaired) electrons. The van der Waals surface area contributed by atoms with E-state index in [4.69, 9.17) is 4.74 Å². The minimum atomic E-state index is -2.97.